The van der Waals surface area contributed by atoms with Gasteiger partial charge in [-0.3, -0.25) is 0 Å². The molecule has 2 heterocycles. The van der Waals surface area contributed by atoms with E-state index in [4.69, 9.17) is 15.0 Å². The molecule has 0 unspecified atom stereocenters. The minimum atomic E-state index is 0.326. The number of nitrogen functional groups attached to an aromatic ring is 1. The van der Waals surface area contributed by atoms with Crippen LogP contribution < -0.4 is 15.4 Å². The summed E-state index contributed by atoms with van der Waals surface area (Å²) >= 11 is 0. The molecule has 2 aromatic rings. The zero-order chi connectivity index (χ0) is 13.9. The molecule has 0 atom stereocenters. The molecule has 5 heteroatoms. The zero-order valence-electron chi connectivity index (χ0n) is 11.6. The highest BCUT2D eigenvalue weighted by molar-refractivity contribution is 5.78. The number of piperidine rings is 1. The van der Waals surface area contributed by atoms with Gasteiger partial charge in [0, 0.05) is 30.4 Å². The van der Waals surface area contributed by atoms with Crippen LogP contribution in [0.25, 0.3) is 11.3 Å². The Morgan fingerprint density at radius 1 is 1.20 bits per heavy atom. The smallest absolute Gasteiger partial charge is 0.222 e. The minimum Gasteiger partial charge on any atom is -0.497 e. The van der Waals surface area contributed by atoms with E-state index in [1.165, 1.54) is 24.9 Å². The van der Waals surface area contributed by atoms with Crippen molar-refractivity contribution in [2.75, 3.05) is 30.8 Å². The molecular weight excluding hydrogens is 254 g/mol. The van der Waals surface area contributed by atoms with E-state index in [-0.39, 0.29) is 0 Å². The summed E-state index contributed by atoms with van der Waals surface area (Å²) in [7, 11) is 1.66. The van der Waals surface area contributed by atoms with Crippen LogP contribution in [0.2, 0.25) is 0 Å². The fraction of sp³-hybridized carbons (Fsp3) is 0.400. The fourth-order valence-electron chi connectivity index (χ4n) is 2.67. The molecule has 1 fully saturated rings. The van der Waals surface area contributed by atoms with Crippen LogP contribution in [-0.2, 0) is 0 Å². The number of nitrogens with two attached hydrogens (primary N) is 1. The monoisotopic (exact) mass is 273 g/mol. The van der Waals surface area contributed by atoms with E-state index in [0.717, 1.165) is 30.1 Å². The summed E-state index contributed by atoms with van der Waals surface area (Å²) in [6.07, 6.45) is 3.76. The second kappa shape index (κ2) is 5.45. The third-order valence-electron chi connectivity index (χ3n) is 3.70. The van der Waals surface area contributed by atoms with Gasteiger partial charge in [0.25, 0.3) is 0 Å². The average Bonchev–Trinajstić information content (AvgIpc) is 2.94. The Morgan fingerprint density at radius 3 is 2.65 bits per heavy atom. The zero-order valence-corrected chi connectivity index (χ0v) is 11.6. The highest BCUT2D eigenvalue weighted by Gasteiger charge is 2.18. The highest BCUT2D eigenvalue weighted by Crippen LogP contribution is 2.35. The van der Waals surface area contributed by atoms with Crippen molar-refractivity contribution in [3.8, 4) is 17.0 Å². The lowest BCUT2D eigenvalue weighted by atomic mass is 10.0. The second-order valence-corrected chi connectivity index (χ2v) is 5.05. The number of anilines is 2. The van der Waals surface area contributed by atoms with Crippen LogP contribution in [0.15, 0.2) is 28.8 Å². The molecule has 1 aliphatic heterocycles. The van der Waals surface area contributed by atoms with Crippen molar-refractivity contribution < 1.29 is 9.26 Å². The summed E-state index contributed by atoms with van der Waals surface area (Å²) in [5.41, 5.74) is 8.56. The SMILES string of the molecule is COc1ccc(N2CCCCC2)c(-c2cc(N)on2)c1. The van der Waals surface area contributed by atoms with Gasteiger partial charge in [0.1, 0.15) is 11.4 Å². The molecule has 0 amide bonds. The largest absolute Gasteiger partial charge is 0.497 e. The van der Waals surface area contributed by atoms with Gasteiger partial charge in [0.05, 0.1) is 7.11 Å². The van der Waals surface area contributed by atoms with Crippen molar-refractivity contribution in [3.05, 3.63) is 24.3 Å². The normalized spacial score (nSPS) is 15.3. The molecule has 0 aliphatic carbocycles. The van der Waals surface area contributed by atoms with Crippen LogP contribution in [-0.4, -0.2) is 25.4 Å². The molecule has 5 nitrogen and oxygen atoms in total. The third kappa shape index (κ3) is 2.43. The Bertz CT molecular complexity index is 589. The highest BCUT2D eigenvalue weighted by atomic mass is 16.5. The minimum absolute atomic E-state index is 0.326. The Balaban J connectivity index is 2.03. The fourth-order valence-corrected chi connectivity index (χ4v) is 2.67. The molecule has 1 aromatic heterocycles. The number of benzene rings is 1. The molecule has 1 aliphatic rings. The summed E-state index contributed by atoms with van der Waals surface area (Å²) in [4.78, 5) is 2.39. The van der Waals surface area contributed by atoms with Gasteiger partial charge in [-0.1, -0.05) is 5.16 Å². The Morgan fingerprint density at radius 2 is 2.00 bits per heavy atom. The number of hydrogen-bond donors (Lipinski definition) is 1. The first-order chi connectivity index (χ1) is 9.78. The first kappa shape index (κ1) is 12.8. The number of ether oxygens (including phenoxy) is 1. The molecule has 0 spiro atoms. The van der Waals surface area contributed by atoms with Gasteiger partial charge in [0.15, 0.2) is 0 Å². The van der Waals surface area contributed by atoms with Gasteiger partial charge in [-0.2, -0.15) is 0 Å². The summed E-state index contributed by atoms with van der Waals surface area (Å²) in [6.45, 7) is 2.15. The number of hydrogen-bond acceptors (Lipinski definition) is 5. The van der Waals surface area contributed by atoms with Crippen molar-refractivity contribution in [2.45, 2.75) is 19.3 Å². The summed E-state index contributed by atoms with van der Waals surface area (Å²) < 4.78 is 10.3. The van der Waals surface area contributed by atoms with Crippen LogP contribution in [0.3, 0.4) is 0 Å². The van der Waals surface area contributed by atoms with Gasteiger partial charge < -0.3 is 19.9 Å². The molecule has 106 valence electrons. The van der Waals surface area contributed by atoms with E-state index in [9.17, 15) is 0 Å². The van der Waals surface area contributed by atoms with Crippen LogP contribution in [0, 0.1) is 0 Å². The van der Waals surface area contributed by atoms with Crippen LogP contribution in [0.1, 0.15) is 19.3 Å². The van der Waals surface area contributed by atoms with E-state index >= 15 is 0 Å². The van der Waals surface area contributed by atoms with E-state index in [2.05, 4.69) is 16.1 Å². The molecule has 0 radical (unpaired) electrons. The number of aromatic nitrogens is 1. The quantitative estimate of drug-likeness (QED) is 0.931. The predicted octanol–water partition coefficient (Wildman–Crippen LogP) is 2.92. The maximum Gasteiger partial charge on any atom is 0.222 e. The van der Waals surface area contributed by atoms with Crippen molar-refractivity contribution in [3.63, 3.8) is 0 Å². The molecule has 1 aromatic carbocycles. The predicted molar refractivity (Wildman–Crippen MR) is 79.0 cm³/mol. The molecule has 0 bridgehead atoms. The lowest BCUT2D eigenvalue weighted by Gasteiger charge is -2.30. The lowest BCUT2D eigenvalue weighted by molar-refractivity contribution is 0.414. The molecule has 3 rings (SSSR count). The van der Waals surface area contributed by atoms with Crippen molar-refractivity contribution in [1.82, 2.24) is 5.16 Å². The Labute approximate surface area is 118 Å². The van der Waals surface area contributed by atoms with Gasteiger partial charge >= 0.3 is 0 Å². The number of methoxy groups -OCH3 is 1. The standard InChI is InChI=1S/C15H19N3O2/c1-19-11-5-6-14(18-7-3-2-4-8-18)12(9-11)13-10-15(16)20-17-13/h5-6,9-10H,2-4,7-8,16H2,1H3. The Kier molecular flexibility index (Phi) is 3.50. The topological polar surface area (TPSA) is 64.5 Å². The van der Waals surface area contributed by atoms with Crippen LogP contribution in [0.4, 0.5) is 11.6 Å². The van der Waals surface area contributed by atoms with Gasteiger partial charge in [-0.25, -0.2) is 0 Å². The molecule has 2 N–H and O–H groups in total. The maximum atomic E-state index is 5.64. The first-order valence-corrected chi connectivity index (χ1v) is 6.93. The van der Waals surface area contributed by atoms with Crippen LogP contribution in [0.5, 0.6) is 5.75 Å². The number of rotatable bonds is 3. The summed E-state index contributed by atoms with van der Waals surface area (Å²) in [5, 5.41) is 4.03. The van der Waals surface area contributed by atoms with Gasteiger partial charge in [-0.15, -0.1) is 0 Å². The van der Waals surface area contributed by atoms with Crippen LogP contribution >= 0.6 is 0 Å². The summed E-state index contributed by atoms with van der Waals surface area (Å²) in [5.74, 6) is 1.13. The lowest BCUT2D eigenvalue weighted by Crippen LogP contribution is -2.29. The van der Waals surface area contributed by atoms with E-state index in [1.807, 2.05) is 12.1 Å². The molecule has 1 saturated heterocycles. The Hall–Kier alpha value is -2.17. The van der Waals surface area contributed by atoms with Gasteiger partial charge in [0.2, 0.25) is 5.88 Å². The van der Waals surface area contributed by atoms with E-state index < -0.39 is 0 Å². The molecule has 20 heavy (non-hydrogen) atoms. The van der Waals surface area contributed by atoms with E-state index in [0.29, 0.717) is 5.88 Å². The van der Waals surface area contributed by atoms with Crippen molar-refractivity contribution >= 4 is 11.6 Å². The number of nitrogens with zero attached hydrogens (tertiary/aromatic N) is 2. The van der Waals surface area contributed by atoms with Gasteiger partial charge in [-0.05, 0) is 37.5 Å². The van der Waals surface area contributed by atoms with Crippen molar-refractivity contribution in [2.24, 2.45) is 0 Å². The maximum absolute atomic E-state index is 5.64. The van der Waals surface area contributed by atoms with Crippen molar-refractivity contribution in [1.29, 1.82) is 0 Å². The first-order valence-electron chi connectivity index (χ1n) is 6.93. The average molecular weight is 273 g/mol. The third-order valence-corrected chi connectivity index (χ3v) is 3.70. The molecule has 0 saturated carbocycles. The second-order valence-electron chi connectivity index (χ2n) is 5.05. The van der Waals surface area contributed by atoms with E-state index in [1.54, 1.807) is 13.2 Å². The molecular formula is C15H19N3O2. The summed E-state index contributed by atoms with van der Waals surface area (Å²) in [6, 6.07) is 7.81.